The van der Waals surface area contributed by atoms with E-state index in [-0.39, 0.29) is 11.2 Å². The molecule has 0 aromatic heterocycles. The SMILES string of the molecule is CCC1SC(=S)N(c2cccc3ccccc23)C1=O. The highest BCUT2D eigenvalue weighted by Crippen LogP contribution is 2.36. The van der Waals surface area contributed by atoms with E-state index in [1.54, 1.807) is 4.90 Å². The smallest absolute Gasteiger partial charge is 0.246 e. The van der Waals surface area contributed by atoms with Crippen molar-refractivity contribution in [1.29, 1.82) is 0 Å². The van der Waals surface area contributed by atoms with E-state index in [2.05, 4.69) is 0 Å². The van der Waals surface area contributed by atoms with Gasteiger partial charge in [-0.3, -0.25) is 9.69 Å². The Morgan fingerprint density at radius 3 is 2.68 bits per heavy atom. The summed E-state index contributed by atoms with van der Waals surface area (Å²) in [6.07, 6.45) is 0.810. The van der Waals surface area contributed by atoms with Crippen LogP contribution in [0.25, 0.3) is 10.8 Å². The summed E-state index contributed by atoms with van der Waals surface area (Å²) in [5.74, 6) is 0.105. The third-order valence-corrected chi connectivity index (χ3v) is 4.97. The number of thioether (sulfide) groups is 1. The minimum atomic E-state index is -0.0357. The number of hydrogen-bond donors (Lipinski definition) is 0. The monoisotopic (exact) mass is 287 g/mol. The highest BCUT2D eigenvalue weighted by Gasteiger charge is 2.37. The van der Waals surface area contributed by atoms with E-state index < -0.39 is 0 Å². The van der Waals surface area contributed by atoms with Crippen molar-refractivity contribution in [2.24, 2.45) is 0 Å². The zero-order valence-electron chi connectivity index (χ0n) is 10.5. The van der Waals surface area contributed by atoms with E-state index in [9.17, 15) is 4.79 Å². The normalized spacial score (nSPS) is 19.4. The van der Waals surface area contributed by atoms with Crippen LogP contribution in [0, 0.1) is 0 Å². The Balaban J connectivity index is 2.15. The van der Waals surface area contributed by atoms with Crippen LogP contribution in [0.15, 0.2) is 42.5 Å². The van der Waals surface area contributed by atoms with Crippen LogP contribution in [0.1, 0.15) is 13.3 Å². The van der Waals surface area contributed by atoms with Gasteiger partial charge in [-0.15, -0.1) is 0 Å². The number of anilines is 1. The molecule has 1 saturated heterocycles. The molecule has 0 spiro atoms. The number of hydrogen-bond acceptors (Lipinski definition) is 3. The molecule has 0 bridgehead atoms. The molecule has 3 rings (SSSR count). The van der Waals surface area contributed by atoms with Crippen LogP contribution in [0.3, 0.4) is 0 Å². The predicted molar refractivity (Wildman–Crippen MR) is 85.7 cm³/mol. The topological polar surface area (TPSA) is 20.3 Å². The molecule has 1 unspecified atom stereocenters. The van der Waals surface area contributed by atoms with E-state index in [0.29, 0.717) is 4.32 Å². The van der Waals surface area contributed by atoms with Gasteiger partial charge >= 0.3 is 0 Å². The Bertz CT molecular complexity index is 663. The van der Waals surface area contributed by atoms with Crippen molar-refractivity contribution >= 4 is 50.7 Å². The lowest BCUT2D eigenvalue weighted by Gasteiger charge is -2.17. The average molecular weight is 287 g/mol. The fourth-order valence-corrected chi connectivity index (χ4v) is 3.78. The van der Waals surface area contributed by atoms with Crippen molar-refractivity contribution in [1.82, 2.24) is 0 Å². The number of thiocarbonyl (C=S) groups is 1. The largest absolute Gasteiger partial charge is 0.273 e. The van der Waals surface area contributed by atoms with Gasteiger partial charge in [0.25, 0.3) is 0 Å². The molecule has 1 heterocycles. The lowest BCUT2D eigenvalue weighted by Crippen LogP contribution is -2.31. The quantitative estimate of drug-likeness (QED) is 0.779. The molecular formula is C15H13NOS2. The Morgan fingerprint density at radius 1 is 1.21 bits per heavy atom. The maximum atomic E-state index is 12.4. The van der Waals surface area contributed by atoms with E-state index in [4.69, 9.17) is 12.2 Å². The molecular weight excluding hydrogens is 274 g/mol. The van der Waals surface area contributed by atoms with Crippen molar-refractivity contribution in [3.8, 4) is 0 Å². The zero-order valence-corrected chi connectivity index (χ0v) is 12.1. The number of nitrogens with zero attached hydrogens (tertiary/aromatic N) is 1. The van der Waals surface area contributed by atoms with E-state index in [1.165, 1.54) is 11.8 Å². The van der Waals surface area contributed by atoms with Crippen molar-refractivity contribution in [2.45, 2.75) is 18.6 Å². The van der Waals surface area contributed by atoms with Crippen molar-refractivity contribution in [2.75, 3.05) is 4.90 Å². The lowest BCUT2D eigenvalue weighted by atomic mass is 10.1. The molecule has 0 aliphatic carbocycles. The van der Waals surface area contributed by atoms with Crippen molar-refractivity contribution in [3.63, 3.8) is 0 Å². The van der Waals surface area contributed by atoms with E-state index in [0.717, 1.165) is 22.9 Å². The van der Waals surface area contributed by atoms with Crippen molar-refractivity contribution < 1.29 is 4.79 Å². The number of amides is 1. The van der Waals surface area contributed by atoms with Gasteiger partial charge in [-0.05, 0) is 17.9 Å². The fraction of sp³-hybridized carbons (Fsp3) is 0.200. The molecule has 1 aliphatic rings. The fourth-order valence-electron chi connectivity index (χ4n) is 2.34. The number of fused-ring (bicyclic) bond motifs is 1. The molecule has 19 heavy (non-hydrogen) atoms. The summed E-state index contributed by atoms with van der Waals surface area (Å²) in [6, 6.07) is 14.0. The van der Waals surface area contributed by atoms with Crippen LogP contribution in [-0.4, -0.2) is 15.5 Å². The molecule has 2 aromatic carbocycles. The molecule has 2 nitrogen and oxygen atoms in total. The summed E-state index contributed by atoms with van der Waals surface area (Å²) in [6.45, 7) is 2.02. The number of carbonyl (C=O) groups is 1. The maximum Gasteiger partial charge on any atom is 0.246 e. The van der Waals surface area contributed by atoms with Gasteiger partial charge in [0, 0.05) is 5.39 Å². The average Bonchev–Trinajstić information content (AvgIpc) is 2.73. The minimum absolute atomic E-state index is 0.0357. The Labute approximate surface area is 121 Å². The minimum Gasteiger partial charge on any atom is -0.273 e. The lowest BCUT2D eigenvalue weighted by molar-refractivity contribution is -0.116. The summed E-state index contributed by atoms with van der Waals surface area (Å²) in [7, 11) is 0. The van der Waals surface area contributed by atoms with Crippen LogP contribution < -0.4 is 4.90 Å². The summed E-state index contributed by atoms with van der Waals surface area (Å²) < 4.78 is 0.660. The summed E-state index contributed by atoms with van der Waals surface area (Å²) in [5.41, 5.74) is 0.900. The molecule has 1 amide bonds. The molecule has 0 saturated carbocycles. The van der Waals surface area contributed by atoms with Gasteiger partial charge in [-0.25, -0.2) is 0 Å². The molecule has 1 atom stereocenters. The molecule has 4 heteroatoms. The van der Waals surface area contributed by atoms with Crippen LogP contribution >= 0.6 is 24.0 Å². The second-order valence-electron chi connectivity index (χ2n) is 4.45. The van der Waals surface area contributed by atoms with Crippen LogP contribution in [0.5, 0.6) is 0 Å². The first kappa shape index (κ1) is 12.6. The Morgan fingerprint density at radius 2 is 1.95 bits per heavy atom. The van der Waals surface area contributed by atoms with E-state index in [1.807, 2.05) is 49.4 Å². The molecule has 1 fully saturated rings. The van der Waals surface area contributed by atoms with Gasteiger partial charge in [-0.1, -0.05) is 67.3 Å². The van der Waals surface area contributed by atoms with Crippen molar-refractivity contribution in [3.05, 3.63) is 42.5 Å². The number of benzene rings is 2. The van der Waals surface area contributed by atoms with Gasteiger partial charge < -0.3 is 0 Å². The second-order valence-corrected chi connectivity index (χ2v) is 6.29. The molecule has 96 valence electrons. The van der Waals surface area contributed by atoms with Crippen LogP contribution in [0.4, 0.5) is 5.69 Å². The predicted octanol–water partition coefficient (Wildman–Crippen LogP) is 3.98. The third kappa shape index (κ3) is 2.05. The van der Waals surface area contributed by atoms with Gasteiger partial charge in [0.05, 0.1) is 10.9 Å². The Hall–Kier alpha value is -1.39. The molecule has 0 N–H and O–H groups in total. The first-order valence-corrected chi connectivity index (χ1v) is 7.53. The highest BCUT2D eigenvalue weighted by atomic mass is 32.2. The first-order valence-electron chi connectivity index (χ1n) is 6.24. The first-order chi connectivity index (χ1) is 9.22. The van der Waals surface area contributed by atoms with Gasteiger partial charge in [0.2, 0.25) is 5.91 Å². The highest BCUT2D eigenvalue weighted by molar-refractivity contribution is 8.25. The molecule has 0 radical (unpaired) electrons. The van der Waals surface area contributed by atoms with Crippen LogP contribution in [0.2, 0.25) is 0 Å². The number of carbonyl (C=O) groups excluding carboxylic acids is 1. The summed E-state index contributed by atoms with van der Waals surface area (Å²) in [4.78, 5) is 14.1. The third-order valence-electron chi connectivity index (χ3n) is 3.30. The van der Waals surface area contributed by atoms with Gasteiger partial charge in [0.1, 0.15) is 4.32 Å². The van der Waals surface area contributed by atoms with Gasteiger partial charge in [0.15, 0.2) is 0 Å². The van der Waals surface area contributed by atoms with Gasteiger partial charge in [-0.2, -0.15) is 0 Å². The molecule has 2 aromatic rings. The maximum absolute atomic E-state index is 12.4. The summed E-state index contributed by atoms with van der Waals surface area (Å²) in [5, 5.41) is 2.16. The second kappa shape index (κ2) is 4.94. The summed E-state index contributed by atoms with van der Waals surface area (Å²) >= 11 is 6.87. The van der Waals surface area contributed by atoms with E-state index >= 15 is 0 Å². The standard InChI is InChI=1S/C15H13NOS2/c1-2-13-14(17)16(15(18)19-13)12-9-5-7-10-6-3-4-8-11(10)12/h3-9,13H,2H2,1H3. The molecule has 1 aliphatic heterocycles. The zero-order chi connectivity index (χ0) is 13.4. The number of rotatable bonds is 2. The Kier molecular flexibility index (Phi) is 3.29. The van der Waals surface area contributed by atoms with Crippen LogP contribution in [-0.2, 0) is 4.79 Å².